The minimum absolute atomic E-state index is 0.259. The Morgan fingerprint density at radius 2 is 1.77 bits per heavy atom. The number of aromatic nitrogens is 2. The maximum absolute atomic E-state index is 13.3. The lowest BCUT2D eigenvalue weighted by Gasteiger charge is -2.09. The number of anilines is 1. The number of pyridine rings is 1. The van der Waals surface area contributed by atoms with Gasteiger partial charge in [0.15, 0.2) is 0 Å². The van der Waals surface area contributed by atoms with Gasteiger partial charge in [0.1, 0.15) is 28.7 Å². The predicted molar refractivity (Wildman–Crippen MR) is 101 cm³/mol. The molecular formula is C21H18FN3O. The summed E-state index contributed by atoms with van der Waals surface area (Å²) in [7, 11) is 1.65. The van der Waals surface area contributed by atoms with Gasteiger partial charge in [-0.25, -0.2) is 9.37 Å². The van der Waals surface area contributed by atoms with Gasteiger partial charge in [0.05, 0.1) is 7.11 Å². The third kappa shape index (κ3) is 3.11. The largest absolute Gasteiger partial charge is 0.497 e. The van der Waals surface area contributed by atoms with Gasteiger partial charge in [-0.1, -0.05) is 18.2 Å². The fourth-order valence-electron chi connectivity index (χ4n) is 2.90. The Hall–Kier alpha value is -3.34. The summed E-state index contributed by atoms with van der Waals surface area (Å²) in [6, 6.07) is 20.2. The van der Waals surface area contributed by atoms with Crippen LogP contribution in [0.5, 0.6) is 5.75 Å². The predicted octanol–water partition coefficient (Wildman–Crippen LogP) is 4.76. The number of rotatable bonds is 5. The topological polar surface area (TPSA) is 38.6 Å². The molecule has 0 spiro atoms. The van der Waals surface area contributed by atoms with Crippen LogP contribution in [0.2, 0.25) is 0 Å². The second kappa shape index (κ2) is 6.88. The van der Waals surface area contributed by atoms with Gasteiger partial charge >= 0.3 is 0 Å². The summed E-state index contributed by atoms with van der Waals surface area (Å²) in [6.07, 6.45) is 1.96. The van der Waals surface area contributed by atoms with Crippen molar-refractivity contribution in [3.8, 4) is 17.0 Å². The van der Waals surface area contributed by atoms with Crippen molar-refractivity contribution in [1.82, 2.24) is 9.38 Å². The molecule has 5 heteroatoms. The molecule has 4 rings (SSSR count). The average Bonchev–Trinajstić information content (AvgIpc) is 3.06. The second-order valence-electron chi connectivity index (χ2n) is 5.95. The number of nitrogens with zero attached hydrogens (tertiary/aromatic N) is 2. The van der Waals surface area contributed by atoms with Crippen LogP contribution in [-0.2, 0) is 6.54 Å². The van der Waals surface area contributed by atoms with E-state index in [0.29, 0.717) is 6.54 Å². The van der Waals surface area contributed by atoms with Gasteiger partial charge in [-0.3, -0.25) is 4.40 Å². The Balaban J connectivity index is 1.70. The number of methoxy groups -OCH3 is 1. The Labute approximate surface area is 150 Å². The SMILES string of the molecule is COc1ccc(CNc2c(-c3ccc(F)cc3)nc3ccccn23)cc1. The number of imidazole rings is 1. The van der Waals surface area contributed by atoms with E-state index in [2.05, 4.69) is 5.32 Å². The van der Waals surface area contributed by atoms with Gasteiger partial charge in [0, 0.05) is 18.3 Å². The number of fused-ring (bicyclic) bond motifs is 1. The molecule has 0 amide bonds. The van der Waals surface area contributed by atoms with Crippen molar-refractivity contribution in [2.75, 3.05) is 12.4 Å². The van der Waals surface area contributed by atoms with Crippen molar-refractivity contribution in [1.29, 1.82) is 0 Å². The number of benzene rings is 2. The lowest BCUT2D eigenvalue weighted by molar-refractivity contribution is 0.414. The number of hydrogen-bond acceptors (Lipinski definition) is 3. The van der Waals surface area contributed by atoms with Gasteiger partial charge in [0.25, 0.3) is 0 Å². The lowest BCUT2D eigenvalue weighted by Crippen LogP contribution is -2.03. The first-order valence-corrected chi connectivity index (χ1v) is 8.34. The Morgan fingerprint density at radius 1 is 1.00 bits per heavy atom. The van der Waals surface area contributed by atoms with E-state index in [9.17, 15) is 4.39 Å². The molecular weight excluding hydrogens is 329 g/mol. The van der Waals surface area contributed by atoms with E-state index in [0.717, 1.165) is 34.0 Å². The number of halogens is 1. The van der Waals surface area contributed by atoms with E-state index in [1.165, 1.54) is 12.1 Å². The summed E-state index contributed by atoms with van der Waals surface area (Å²) >= 11 is 0. The van der Waals surface area contributed by atoms with Crippen LogP contribution in [-0.4, -0.2) is 16.5 Å². The summed E-state index contributed by atoms with van der Waals surface area (Å²) in [6.45, 7) is 0.640. The maximum atomic E-state index is 13.3. The molecule has 0 fully saturated rings. The first-order valence-electron chi connectivity index (χ1n) is 8.34. The Kier molecular flexibility index (Phi) is 4.27. The van der Waals surface area contributed by atoms with Crippen molar-refractivity contribution < 1.29 is 9.13 Å². The van der Waals surface area contributed by atoms with Gasteiger partial charge in [-0.2, -0.15) is 0 Å². The number of nitrogens with one attached hydrogen (secondary N) is 1. The highest BCUT2D eigenvalue weighted by Gasteiger charge is 2.13. The van der Waals surface area contributed by atoms with E-state index in [-0.39, 0.29) is 5.82 Å². The van der Waals surface area contributed by atoms with Crippen LogP contribution in [0.15, 0.2) is 72.9 Å². The van der Waals surface area contributed by atoms with E-state index in [1.807, 2.05) is 53.1 Å². The highest BCUT2D eigenvalue weighted by atomic mass is 19.1. The van der Waals surface area contributed by atoms with Crippen LogP contribution in [0.4, 0.5) is 10.2 Å². The standard InChI is InChI=1S/C21H18FN3O/c1-26-18-11-5-15(6-12-18)14-23-21-20(16-7-9-17(22)10-8-16)24-19-4-2-3-13-25(19)21/h2-13,23H,14H2,1H3. The smallest absolute Gasteiger partial charge is 0.139 e. The molecule has 2 heterocycles. The van der Waals surface area contributed by atoms with Crippen LogP contribution in [0.25, 0.3) is 16.9 Å². The van der Waals surface area contributed by atoms with Crippen molar-refractivity contribution in [2.45, 2.75) is 6.54 Å². The molecule has 0 radical (unpaired) electrons. The summed E-state index contributed by atoms with van der Waals surface area (Å²) < 4.78 is 20.5. The zero-order valence-electron chi connectivity index (χ0n) is 14.3. The van der Waals surface area contributed by atoms with E-state index >= 15 is 0 Å². The highest BCUT2D eigenvalue weighted by Crippen LogP contribution is 2.29. The molecule has 1 N–H and O–H groups in total. The molecule has 0 atom stereocenters. The van der Waals surface area contributed by atoms with Crippen LogP contribution in [0.1, 0.15) is 5.56 Å². The van der Waals surface area contributed by atoms with E-state index < -0.39 is 0 Å². The van der Waals surface area contributed by atoms with Crippen molar-refractivity contribution in [3.05, 3.63) is 84.3 Å². The molecule has 0 saturated heterocycles. The fourth-order valence-corrected chi connectivity index (χ4v) is 2.90. The zero-order valence-corrected chi connectivity index (χ0v) is 14.3. The third-order valence-corrected chi connectivity index (χ3v) is 4.27. The summed E-state index contributed by atoms with van der Waals surface area (Å²) in [5.41, 5.74) is 3.63. The van der Waals surface area contributed by atoms with Crippen LogP contribution < -0.4 is 10.1 Å². The molecule has 130 valence electrons. The third-order valence-electron chi connectivity index (χ3n) is 4.27. The number of hydrogen-bond donors (Lipinski definition) is 1. The molecule has 4 aromatic rings. The minimum Gasteiger partial charge on any atom is -0.497 e. The molecule has 0 unspecified atom stereocenters. The molecule has 0 aliphatic heterocycles. The lowest BCUT2D eigenvalue weighted by atomic mass is 10.1. The summed E-state index contributed by atoms with van der Waals surface area (Å²) in [5, 5.41) is 3.47. The maximum Gasteiger partial charge on any atom is 0.139 e. The highest BCUT2D eigenvalue weighted by molar-refractivity contribution is 5.76. The second-order valence-corrected chi connectivity index (χ2v) is 5.95. The van der Waals surface area contributed by atoms with Crippen LogP contribution in [0, 0.1) is 5.82 Å². The Morgan fingerprint density at radius 3 is 2.50 bits per heavy atom. The molecule has 0 saturated carbocycles. The average molecular weight is 347 g/mol. The first kappa shape index (κ1) is 16.1. The monoisotopic (exact) mass is 347 g/mol. The van der Waals surface area contributed by atoms with Gasteiger partial charge < -0.3 is 10.1 Å². The van der Waals surface area contributed by atoms with Gasteiger partial charge in [0.2, 0.25) is 0 Å². The van der Waals surface area contributed by atoms with Crippen molar-refractivity contribution >= 4 is 11.5 Å². The quantitative estimate of drug-likeness (QED) is 0.566. The molecule has 4 nitrogen and oxygen atoms in total. The summed E-state index contributed by atoms with van der Waals surface area (Å²) in [4.78, 5) is 4.71. The molecule has 26 heavy (non-hydrogen) atoms. The van der Waals surface area contributed by atoms with Gasteiger partial charge in [-0.05, 0) is 54.1 Å². The molecule has 0 bridgehead atoms. The zero-order chi connectivity index (χ0) is 17.9. The Bertz CT molecular complexity index is 1020. The van der Waals surface area contributed by atoms with Crippen molar-refractivity contribution in [3.63, 3.8) is 0 Å². The van der Waals surface area contributed by atoms with Crippen molar-refractivity contribution in [2.24, 2.45) is 0 Å². The summed E-state index contributed by atoms with van der Waals surface area (Å²) in [5.74, 6) is 1.45. The van der Waals surface area contributed by atoms with E-state index in [4.69, 9.17) is 9.72 Å². The van der Waals surface area contributed by atoms with Gasteiger partial charge in [-0.15, -0.1) is 0 Å². The molecule has 0 aliphatic carbocycles. The normalized spacial score (nSPS) is 10.8. The minimum atomic E-state index is -0.259. The molecule has 0 aliphatic rings. The fraction of sp³-hybridized carbons (Fsp3) is 0.0952. The molecule has 2 aromatic carbocycles. The first-order chi connectivity index (χ1) is 12.7. The molecule has 2 aromatic heterocycles. The van der Waals surface area contributed by atoms with Crippen LogP contribution >= 0.6 is 0 Å². The van der Waals surface area contributed by atoms with E-state index in [1.54, 1.807) is 19.2 Å². The van der Waals surface area contributed by atoms with Crippen LogP contribution in [0.3, 0.4) is 0 Å². The number of ether oxygens (including phenoxy) is 1.